The Morgan fingerprint density at radius 3 is 2.48 bits per heavy atom. The lowest BCUT2D eigenvalue weighted by Gasteiger charge is -2.25. The number of ether oxygens (including phenoxy) is 1. The summed E-state index contributed by atoms with van der Waals surface area (Å²) in [6, 6.07) is 9.93. The molecule has 0 aliphatic carbocycles. The predicted octanol–water partition coefficient (Wildman–Crippen LogP) is 4.48. The molecule has 112 valence electrons. The van der Waals surface area contributed by atoms with E-state index in [2.05, 4.69) is 0 Å². The van der Waals surface area contributed by atoms with E-state index in [0.29, 0.717) is 12.0 Å². The lowest BCUT2D eigenvalue weighted by atomic mass is 10.0. The molecule has 0 fully saturated rings. The van der Waals surface area contributed by atoms with Crippen molar-refractivity contribution in [2.24, 2.45) is 5.73 Å². The molecule has 0 amide bonds. The van der Waals surface area contributed by atoms with Gasteiger partial charge in [-0.1, -0.05) is 36.7 Å². The van der Waals surface area contributed by atoms with Gasteiger partial charge in [0.25, 0.3) is 0 Å². The summed E-state index contributed by atoms with van der Waals surface area (Å²) >= 11 is 5.63. The molecule has 0 spiro atoms. The highest BCUT2D eigenvalue weighted by Crippen LogP contribution is 2.29. The van der Waals surface area contributed by atoms with Crippen LogP contribution >= 0.6 is 11.6 Å². The van der Waals surface area contributed by atoms with Crippen molar-refractivity contribution in [2.75, 3.05) is 0 Å². The first-order chi connectivity index (χ1) is 10.0. The van der Waals surface area contributed by atoms with E-state index in [9.17, 15) is 8.78 Å². The maximum Gasteiger partial charge on any atom is 0.145 e. The molecule has 2 aromatic rings. The topological polar surface area (TPSA) is 35.2 Å². The van der Waals surface area contributed by atoms with Crippen molar-refractivity contribution in [1.29, 1.82) is 0 Å². The van der Waals surface area contributed by atoms with E-state index in [1.807, 2.05) is 6.92 Å². The molecule has 21 heavy (non-hydrogen) atoms. The molecule has 2 rings (SSSR count). The summed E-state index contributed by atoms with van der Waals surface area (Å²) in [6.07, 6.45) is -0.105. The molecule has 2 nitrogen and oxygen atoms in total. The summed E-state index contributed by atoms with van der Waals surface area (Å²) in [6.45, 7) is 1.88. The summed E-state index contributed by atoms with van der Waals surface area (Å²) in [7, 11) is 0. The molecular formula is C16H16ClF2NO. The third kappa shape index (κ3) is 3.71. The van der Waals surface area contributed by atoms with E-state index >= 15 is 0 Å². The average Bonchev–Trinajstić information content (AvgIpc) is 2.48. The number of halogens is 3. The molecule has 0 saturated carbocycles. The minimum atomic E-state index is -0.697. The third-order valence-corrected chi connectivity index (χ3v) is 3.53. The summed E-state index contributed by atoms with van der Waals surface area (Å²) in [4.78, 5) is 0. The first kappa shape index (κ1) is 15.7. The van der Waals surface area contributed by atoms with E-state index in [0.717, 1.165) is 0 Å². The second-order valence-electron chi connectivity index (χ2n) is 4.71. The van der Waals surface area contributed by atoms with Crippen molar-refractivity contribution in [1.82, 2.24) is 0 Å². The molecule has 2 aromatic carbocycles. The highest BCUT2D eigenvalue weighted by molar-refractivity contribution is 6.30. The van der Waals surface area contributed by atoms with Crippen molar-refractivity contribution < 1.29 is 13.5 Å². The smallest absolute Gasteiger partial charge is 0.145 e. The number of rotatable bonds is 5. The molecule has 2 N–H and O–H groups in total. The number of nitrogens with two attached hydrogens (primary N) is 1. The van der Waals surface area contributed by atoms with Gasteiger partial charge in [0.1, 0.15) is 23.5 Å². The van der Waals surface area contributed by atoms with E-state index in [1.165, 1.54) is 24.3 Å². The van der Waals surface area contributed by atoms with Gasteiger partial charge in [0.2, 0.25) is 0 Å². The van der Waals surface area contributed by atoms with Crippen LogP contribution in [0.15, 0.2) is 42.5 Å². The van der Waals surface area contributed by atoms with Crippen LogP contribution in [-0.4, -0.2) is 6.04 Å². The normalized spacial score (nSPS) is 13.8. The fourth-order valence-corrected chi connectivity index (χ4v) is 2.12. The van der Waals surface area contributed by atoms with E-state index < -0.39 is 23.8 Å². The first-order valence-corrected chi connectivity index (χ1v) is 7.02. The van der Waals surface area contributed by atoms with Gasteiger partial charge in [-0.05, 0) is 24.6 Å². The molecule has 0 bridgehead atoms. The number of hydrogen-bond acceptors (Lipinski definition) is 2. The van der Waals surface area contributed by atoms with Crippen LogP contribution in [0.5, 0.6) is 5.75 Å². The maximum absolute atomic E-state index is 14.0. The predicted molar refractivity (Wildman–Crippen MR) is 79.4 cm³/mol. The van der Waals surface area contributed by atoms with Gasteiger partial charge in [-0.15, -0.1) is 0 Å². The Morgan fingerprint density at radius 2 is 1.86 bits per heavy atom. The number of hydrogen-bond donors (Lipinski definition) is 1. The molecular weight excluding hydrogens is 296 g/mol. The summed E-state index contributed by atoms with van der Waals surface area (Å²) in [5.74, 6) is -0.735. The zero-order chi connectivity index (χ0) is 15.4. The Hall–Kier alpha value is -1.65. The van der Waals surface area contributed by atoms with Crippen molar-refractivity contribution >= 4 is 11.6 Å². The largest absolute Gasteiger partial charge is 0.484 e. The molecule has 0 aliphatic heterocycles. The minimum absolute atomic E-state index is 0.00424. The van der Waals surface area contributed by atoms with Crippen molar-refractivity contribution in [3.8, 4) is 5.75 Å². The van der Waals surface area contributed by atoms with Gasteiger partial charge in [0, 0.05) is 17.7 Å². The fourth-order valence-electron chi connectivity index (χ4n) is 2.00. The Balaban J connectivity index is 2.33. The van der Waals surface area contributed by atoms with Gasteiger partial charge in [-0.3, -0.25) is 0 Å². The van der Waals surface area contributed by atoms with Crippen LogP contribution in [0.3, 0.4) is 0 Å². The van der Waals surface area contributed by atoms with Gasteiger partial charge in [-0.25, -0.2) is 8.78 Å². The van der Waals surface area contributed by atoms with Gasteiger partial charge >= 0.3 is 0 Å². The molecule has 2 unspecified atom stereocenters. The zero-order valence-electron chi connectivity index (χ0n) is 11.5. The van der Waals surface area contributed by atoms with Gasteiger partial charge in [-0.2, -0.15) is 0 Å². The van der Waals surface area contributed by atoms with Crippen molar-refractivity contribution in [2.45, 2.75) is 25.5 Å². The molecule has 0 aliphatic rings. The Kier molecular flexibility index (Phi) is 5.15. The maximum atomic E-state index is 14.0. The number of benzene rings is 2. The van der Waals surface area contributed by atoms with Crippen LogP contribution in [0.4, 0.5) is 8.78 Å². The Morgan fingerprint density at radius 1 is 1.14 bits per heavy atom. The first-order valence-electron chi connectivity index (χ1n) is 6.64. The lowest BCUT2D eigenvalue weighted by molar-refractivity contribution is 0.166. The zero-order valence-corrected chi connectivity index (χ0v) is 12.3. The monoisotopic (exact) mass is 311 g/mol. The highest BCUT2D eigenvalue weighted by Gasteiger charge is 2.23. The second kappa shape index (κ2) is 6.87. The Labute approximate surface area is 127 Å². The van der Waals surface area contributed by atoms with E-state index in [1.54, 1.807) is 18.2 Å². The van der Waals surface area contributed by atoms with Crippen LogP contribution in [0, 0.1) is 11.6 Å². The van der Waals surface area contributed by atoms with Gasteiger partial charge in [0.15, 0.2) is 0 Å². The molecule has 2 atom stereocenters. The van der Waals surface area contributed by atoms with Crippen molar-refractivity contribution in [3.05, 3.63) is 64.7 Å². The summed E-state index contributed by atoms with van der Waals surface area (Å²) < 4.78 is 33.1. The molecule has 0 saturated heterocycles. The lowest BCUT2D eigenvalue weighted by Crippen LogP contribution is -2.32. The molecule has 5 heteroatoms. The van der Waals surface area contributed by atoms with E-state index in [4.69, 9.17) is 22.1 Å². The SMILES string of the molecule is CCC(N)C(Oc1ccc(Cl)c(F)c1)c1ccccc1F. The van der Waals surface area contributed by atoms with E-state index in [-0.39, 0.29) is 10.8 Å². The highest BCUT2D eigenvalue weighted by atomic mass is 35.5. The van der Waals surface area contributed by atoms with Crippen LogP contribution in [0.2, 0.25) is 5.02 Å². The third-order valence-electron chi connectivity index (χ3n) is 3.23. The Bertz CT molecular complexity index is 621. The van der Waals surface area contributed by atoms with Gasteiger partial charge in [0.05, 0.1) is 5.02 Å². The van der Waals surface area contributed by atoms with Crippen LogP contribution in [-0.2, 0) is 0 Å². The summed E-state index contributed by atoms with van der Waals surface area (Å²) in [5, 5.41) is 0.00424. The quantitative estimate of drug-likeness (QED) is 0.884. The van der Waals surface area contributed by atoms with Crippen LogP contribution < -0.4 is 10.5 Å². The fraction of sp³-hybridized carbons (Fsp3) is 0.250. The second-order valence-corrected chi connectivity index (χ2v) is 5.12. The minimum Gasteiger partial charge on any atom is -0.484 e. The van der Waals surface area contributed by atoms with Crippen LogP contribution in [0.1, 0.15) is 25.0 Å². The molecule has 0 heterocycles. The summed E-state index contributed by atoms with van der Waals surface area (Å²) in [5.41, 5.74) is 6.37. The molecule has 0 radical (unpaired) electrons. The standard InChI is InChI=1S/C16H16ClF2NO/c1-2-15(20)16(11-5-3-4-6-13(11)18)21-10-7-8-12(17)14(19)9-10/h3-9,15-16H,2,20H2,1H3. The van der Waals surface area contributed by atoms with Gasteiger partial charge < -0.3 is 10.5 Å². The average molecular weight is 312 g/mol. The van der Waals surface area contributed by atoms with Crippen LogP contribution in [0.25, 0.3) is 0 Å². The molecule has 0 aromatic heterocycles. The van der Waals surface area contributed by atoms with Crippen molar-refractivity contribution in [3.63, 3.8) is 0 Å².